The first-order chi connectivity index (χ1) is 5.97. The van der Waals surface area contributed by atoms with Crippen LogP contribution in [0.3, 0.4) is 0 Å². The zero-order valence-electron chi connectivity index (χ0n) is 7.27. The predicted molar refractivity (Wildman–Crippen MR) is 48.4 cm³/mol. The van der Waals surface area contributed by atoms with Crippen LogP contribution in [0.15, 0.2) is 12.4 Å². The number of hydrogen-bond acceptors (Lipinski definition) is 4. The first-order valence-corrected chi connectivity index (χ1v) is 5.47. The minimum Gasteiger partial charge on any atom is -0.258 e. The molecule has 0 aliphatic rings. The van der Waals surface area contributed by atoms with E-state index in [9.17, 15) is 8.42 Å². The van der Waals surface area contributed by atoms with E-state index in [2.05, 4.69) is 9.97 Å². The third-order valence-corrected chi connectivity index (χ3v) is 2.25. The molecule has 1 rings (SSSR count). The molecular formula is C7H11N3O2S. The summed E-state index contributed by atoms with van der Waals surface area (Å²) in [4.78, 5) is 7.98. The molecule has 0 saturated carbocycles. The highest BCUT2D eigenvalue weighted by Gasteiger charge is 2.03. The number of sulfonamides is 1. The Labute approximate surface area is 77.1 Å². The summed E-state index contributed by atoms with van der Waals surface area (Å²) in [5.41, 5.74) is 1.44. The Balaban J connectivity index is 2.61. The average molecular weight is 201 g/mol. The lowest BCUT2D eigenvalue weighted by molar-refractivity contribution is 0.596. The van der Waals surface area contributed by atoms with Gasteiger partial charge in [0, 0.05) is 18.8 Å². The Kier molecular flexibility index (Phi) is 2.94. The fourth-order valence-corrected chi connectivity index (χ4v) is 1.29. The van der Waals surface area contributed by atoms with Crippen molar-refractivity contribution < 1.29 is 8.42 Å². The monoisotopic (exact) mass is 201 g/mol. The van der Waals surface area contributed by atoms with E-state index < -0.39 is 10.0 Å². The van der Waals surface area contributed by atoms with Gasteiger partial charge in [-0.25, -0.2) is 13.6 Å². The summed E-state index contributed by atoms with van der Waals surface area (Å²) in [6, 6.07) is 0. The summed E-state index contributed by atoms with van der Waals surface area (Å²) in [5.74, 6) is -0.0925. The van der Waals surface area contributed by atoms with Crippen LogP contribution < -0.4 is 5.14 Å². The molecule has 0 spiro atoms. The lowest BCUT2D eigenvalue weighted by Crippen LogP contribution is -2.18. The second-order valence-electron chi connectivity index (χ2n) is 2.77. The maximum Gasteiger partial charge on any atom is 0.209 e. The van der Waals surface area contributed by atoms with E-state index in [0.29, 0.717) is 12.1 Å². The van der Waals surface area contributed by atoms with Gasteiger partial charge in [0.2, 0.25) is 10.0 Å². The van der Waals surface area contributed by atoms with Crippen molar-refractivity contribution >= 4 is 10.0 Å². The van der Waals surface area contributed by atoms with Gasteiger partial charge in [-0.1, -0.05) is 0 Å². The molecule has 1 aromatic rings. The molecule has 0 amide bonds. The molecule has 0 unspecified atom stereocenters. The fourth-order valence-electron chi connectivity index (χ4n) is 0.795. The van der Waals surface area contributed by atoms with Crippen molar-refractivity contribution in [3.8, 4) is 0 Å². The molecule has 6 heteroatoms. The van der Waals surface area contributed by atoms with Crippen LogP contribution in [-0.2, 0) is 16.4 Å². The molecule has 0 bridgehead atoms. The van der Waals surface area contributed by atoms with Gasteiger partial charge in [-0.3, -0.25) is 9.97 Å². The largest absolute Gasteiger partial charge is 0.258 e. The van der Waals surface area contributed by atoms with Gasteiger partial charge in [0.1, 0.15) is 0 Å². The second-order valence-corrected chi connectivity index (χ2v) is 4.50. The summed E-state index contributed by atoms with van der Waals surface area (Å²) in [7, 11) is -3.40. The number of aromatic nitrogens is 2. The maximum atomic E-state index is 10.6. The Morgan fingerprint density at radius 2 is 2.08 bits per heavy atom. The molecule has 1 heterocycles. The van der Waals surface area contributed by atoms with Gasteiger partial charge < -0.3 is 0 Å². The van der Waals surface area contributed by atoms with Gasteiger partial charge in [0.05, 0.1) is 17.1 Å². The van der Waals surface area contributed by atoms with Crippen molar-refractivity contribution in [1.29, 1.82) is 0 Å². The molecule has 13 heavy (non-hydrogen) atoms. The lowest BCUT2D eigenvalue weighted by atomic mass is 10.3. The summed E-state index contributed by atoms with van der Waals surface area (Å²) in [6.07, 6.45) is 3.46. The highest BCUT2D eigenvalue weighted by atomic mass is 32.2. The first-order valence-electron chi connectivity index (χ1n) is 3.75. The van der Waals surface area contributed by atoms with Crippen molar-refractivity contribution in [3.05, 3.63) is 23.8 Å². The molecule has 0 aromatic carbocycles. The minimum atomic E-state index is -3.40. The highest BCUT2D eigenvalue weighted by molar-refractivity contribution is 7.89. The minimum absolute atomic E-state index is 0.0925. The highest BCUT2D eigenvalue weighted by Crippen LogP contribution is 1.96. The number of nitrogens with two attached hydrogens (primary N) is 1. The van der Waals surface area contributed by atoms with Crippen molar-refractivity contribution in [1.82, 2.24) is 9.97 Å². The summed E-state index contributed by atoms with van der Waals surface area (Å²) < 4.78 is 21.2. The van der Waals surface area contributed by atoms with E-state index >= 15 is 0 Å². The number of primary sulfonamides is 1. The molecule has 2 N–H and O–H groups in total. The molecule has 5 nitrogen and oxygen atoms in total. The predicted octanol–water partition coefficient (Wildman–Crippen LogP) is -0.384. The van der Waals surface area contributed by atoms with Crippen LogP contribution in [0.5, 0.6) is 0 Å². The van der Waals surface area contributed by atoms with E-state index in [4.69, 9.17) is 5.14 Å². The molecule has 0 aliphatic heterocycles. The number of nitrogens with zero attached hydrogens (tertiary/aromatic N) is 2. The Morgan fingerprint density at radius 3 is 2.54 bits per heavy atom. The maximum absolute atomic E-state index is 10.6. The van der Waals surface area contributed by atoms with Gasteiger partial charge in [0.25, 0.3) is 0 Å². The number of aryl methyl sites for hydroxylation is 2. The van der Waals surface area contributed by atoms with Crippen LogP contribution in [0.2, 0.25) is 0 Å². The van der Waals surface area contributed by atoms with E-state index in [-0.39, 0.29) is 5.75 Å². The van der Waals surface area contributed by atoms with Crippen molar-refractivity contribution in [2.45, 2.75) is 13.3 Å². The zero-order valence-corrected chi connectivity index (χ0v) is 8.08. The molecule has 0 radical (unpaired) electrons. The third kappa shape index (κ3) is 3.95. The number of hydrogen-bond donors (Lipinski definition) is 1. The third-order valence-electron chi connectivity index (χ3n) is 1.48. The van der Waals surface area contributed by atoms with Gasteiger partial charge in [-0.15, -0.1) is 0 Å². The van der Waals surface area contributed by atoms with E-state index in [1.165, 1.54) is 0 Å². The van der Waals surface area contributed by atoms with Crippen molar-refractivity contribution in [3.63, 3.8) is 0 Å². The van der Waals surface area contributed by atoms with Crippen LogP contribution in [0.25, 0.3) is 0 Å². The summed E-state index contributed by atoms with van der Waals surface area (Å²) >= 11 is 0. The fraction of sp³-hybridized carbons (Fsp3) is 0.429. The molecule has 0 atom stereocenters. The quantitative estimate of drug-likeness (QED) is 0.722. The molecule has 72 valence electrons. The molecule has 1 aromatic heterocycles. The zero-order chi connectivity index (χ0) is 9.90. The van der Waals surface area contributed by atoms with Crippen LogP contribution in [-0.4, -0.2) is 24.1 Å². The first kappa shape index (κ1) is 10.1. The van der Waals surface area contributed by atoms with E-state index in [1.807, 2.05) is 6.92 Å². The summed E-state index contributed by atoms with van der Waals surface area (Å²) in [6.45, 7) is 1.82. The van der Waals surface area contributed by atoms with Gasteiger partial charge in [-0.2, -0.15) is 0 Å². The van der Waals surface area contributed by atoms with Crippen LogP contribution in [0, 0.1) is 6.92 Å². The standard InChI is InChI=1S/C7H11N3O2S/c1-6-4-10-7(5-9-6)2-3-13(8,11)12/h4-5H,2-3H2,1H3,(H2,8,11,12). The van der Waals surface area contributed by atoms with Crippen LogP contribution in [0.4, 0.5) is 0 Å². The lowest BCUT2D eigenvalue weighted by Gasteiger charge is -1.98. The molecule has 0 aliphatic carbocycles. The van der Waals surface area contributed by atoms with Crippen molar-refractivity contribution in [2.24, 2.45) is 5.14 Å². The molecule has 0 saturated heterocycles. The topological polar surface area (TPSA) is 85.9 Å². The second kappa shape index (κ2) is 3.80. The van der Waals surface area contributed by atoms with E-state index in [1.54, 1.807) is 12.4 Å². The van der Waals surface area contributed by atoms with Crippen LogP contribution in [0.1, 0.15) is 11.4 Å². The van der Waals surface area contributed by atoms with E-state index in [0.717, 1.165) is 5.69 Å². The van der Waals surface area contributed by atoms with Crippen LogP contribution >= 0.6 is 0 Å². The molecule has 0 fully saturated rings. The summed E-state index contributed by atoms with van der Waals surface area (Å²) in [5, 5.41) is 4.84. The van der Waals surface area contributed by atoms with Crippen molar-refractivity contribution in [2.75, 3.05) is 5.75 Å². The normalized spacial score (nSPS) is 11.5. The van der Waals surface area contributed by atoms with Gasteiger partial charge >= 0.3 is 0 Å². The SMILES string of the molecule is Cc1cnc(CCS(N)(=O)=O)cn1. The smallest absolute Gasteiger partial charge is 0.209 e. The average Bonchev–Trinajstić information content (AvgIpc) is 2.02. The van der Waals surface area contributed by atoms with Gasteiger partial charge in [-0.05, 0) is 6.92 Å². The number of rotatable bonds is 3. The Bertz CT molecular complexity index is 371. The Morgan fingerprint density at radius 1 is 1.38 bits per heavy atom. The van der Waals surface area contributed by atoms with Gasteiger partial charge in [0.15, 0.2) is 0 Å². The molecular weight excluding hydrogens is 190 g/mol. The Hall–Kier alpha value is -1.01.